The van der Waals surface area contributed by atoms with E-state index < -0.39 is 23.0 Å². The van der Waals surface area contributed by atoms with Gasteiger partial charge in [-0.25, -0.2) is 0 Å². The molecule has 9 nitrogen and oxygen atoms in total. The van der Waals surface area contributed by atoms with Crippen molar-refractivity contribution in [2.75, 3.05) is 19.8 Å². The number of para-hydroxylation sites is 1. The van der Waals surface area contributed by atoms with Crippen molar-refractivity contribution in [1.82, 2.24) is 20.4 Å². The first-order valence-electron chi connectivity index (χ1n) is 12.4. The molecular weight excluding hydrogens is 470 g/mol. The Balaban J connectivity index is 1.54. The van der Waals surface area contributed by atoms with Crippen molar-refractivity contribution in [2.45, 2.75) is 51.8 Å². The molecule has 2 aromatic carbocycles. The van der Waals surface area contributed by atoms with Crippen LogP contribution in [0.25, 0.3) is 10.9 Å². The number of fused-ring (bicyclic) bond motifs is 1. The molecule has 1 saturated heterocycles. The van der Waals surface area contributed by atoms with Gasteiger partial charge in [-0.3, -0.25) is 14.3 Å². The number of amides is 2. The van der Waals surface area contributed by atoms with Crippen LogP contribution in [0.5, 0.6) is 0 Å². The number of carbonyl (C=O) groups is 2. The van der Waals surface area contributed by atoms with Crippen LogP contribution in [-0.2, 0) is 16.1 Å². The van der Waals surface area contributed by atoms with Crippen LogP contribution in [0.1, 0.15) is 55.2 Å². The van der Waals surface area contributed by atoms with Crippen LogP contribution in [-0.4, -0.2) is 58.1 Å². The monoisotopic (exact) mass is 503 g/mol. The highest BCUT2D eigenvalue weighted by molar-refractivity contribution is 6.06. The summed E-state index contributed by atoms with van der Waals surface area (Å²) in [5.41, 5.74) is 0.936. The minimum absolute atomic E-state index is 0.0970. The number of hydrogen-bond donors (Lipinski definition) is 3. The van der Waals surface area contributed by atoms with Gasteiger partial charge in [-0.05, 0) is 29.2 Å². The molecular formula is C28H33N5O4. The van der Waals surface area contributed by atoms with Crippen molar-refractivity contribution in [3.63, 3.8) is 0 Å². The number of ether oxygens (including phenoxy) is 1. The minimum Gasteiger partial charge on any atom is -0.388 e. The zero-order valence-corrected chi connectivity index (χ0v) is 21.5. The molecule has 2 heterocycles. The molecule has 4 rings (SSSR count). The van der Waals surface area contributed by atoms with E-state index in [1.165, 1.54) is 0 Å². The van der Waals surface area contributed by atoms with Gasteiger partial charge in [-0.2, -0.15) is 10.4 Å². The van der Waals surface area contributed by atoms with Crippen molar-refractivity contribution in [2.24, 2.45) is 5.41 Å². The Bertz CT molecular complexity index is 1310. The van der Waals surface area contributed by atoms with E-state index in [0.29, 0.717) is 43.5 Å². The Kier molecular flexibility index (Phi) is 7.62. The third kappa shape index (κ3) is 6.16. The molecule has 1 aliphatic heterocycles. The standard InChI is InChI=1S/C28H33N5O4/c1-27(2,3)24(26(35)30-18-28(36)12-14-37-15-13-28)31-25(34)23-21-6-4-5-7-22(21)33(32-23)17-20-10-8-19(16-29)9-11-20/h4-11,24,36H,12-15,17-18H2,1-3H3,(H,30,35)(H,31,34). The van der Waals surface area contributed by atoms with Gasteiger partial charge in [0.1, 0.15) is 6.04 Å². The third-order valence-corrected chi connectivity index (χ3v) is 6.71. The predicted molar refractivity (Wildman–Crippen MR) is 139 cm³/mol. The number of hydrogen-bond acceptors (Lipinski definition) is 6. The van der Waals surface area contributed by atoms with Crippen molar-refractivity contribution >= 4 is 22.7 Å². The molecule has 0 radical (unpaired) electrons. The van der Waals surface area contributed by atoms with Crippen LogP contribution in [0.4, 0.5) is 0 Å². The second-order valence-electron chi connectivity index (χ2n) is 10.7. The van der Waals surface area contributed by atoms with E-state index in [4.69, 9.17) is 10.00 Å². The van der Waals surface area contributed by atoms with E-state index in [9.17, 15) is 14.7 Å². The molecule has 0 spiro atoms. The smallest absolute Gasteiger partial charge is 0.273 e. The lowest BCUT2D eigenvalue weighted by Gasteiger charge is -2.34. The highest BCUT2D eigenvalue weighted by Gasteiger charge is 2.36. The van der Waals surface area contributed by atoms with Crippen LogP contribution in [0.15, 0.2) is 48.5 Å². The van der Waals surface area contributed by atoms with E-state index in [1.54, 1.807) is 16.8 Å². The summed E-state index contributed by atoms with van der Waals surface area (Å²) in [6, 6.07) is 15.9. The van der Waals surface area contributed by atoms with Crippen molar-refractivity contribution in [1.29, 1.82) is 5.26 Å². The summed E-state index contributed by atoms with van der Waals surface area (Å²) in [4.78, 5) is 26.7. The lowest BCUT2D eigenvalue weighted by molar-refractivity contribution is -0.128. The average Bonchev–Trinajstić information content (AvgIpc) is 3.24. The molecule has 0 aliphatic carbocycles. The van der Waals surface area contributed by atoms with E-state index in [2.05, 4.69) is 21.8 Å². The highest BCUT2D eigenvalue weighted by atomic mass is 16.5. The molecule has 1 fully saturated rings. The minimum atomic E-state index is -1.01. The van der Waals surface area contributed by atoms with E-state index in [0.717, 1.165) is 11.1 Å². The fraction of sp³-hybridized carbons (Fsp3) is 0.429. The van der Waals surface area contributed by atoms with Gasteiger partial charge in [0.25, 0.3) is 5.91 Å². The number of benzene rings is 2. The summed E-state index contributed by atoms with van der Waals surface area (Å²) in [7, 11) is 0. The van der Waals surface area contributed by atoms with Gasteiger partial charge in [0.2, 0.25) is 5.91 Å². The number of aliphatic hydroxyl groups is 1. The van der Waals surface area contributed by atoms with Gasteiger partial charge in [0.15, 0.2) is 5.69 Å². The molecule has 1 aliphatic rings. The first-order chi connectivity index (χ1) is 17.6. The average molecular weight is 504 g/mol. The van der Waals surface area contributed by atoms with Crippen LogP contribution >= 0.6 is 0 Å². The molecule has 3 aromatic rings. The number of aromatic nitrogens is 2. The Hall–Kier alpha value is -3.74. The maximum absolute atomic E-state index is 13.5. The molecule has 0 saturated carbocycles. The number of rotatable bonds is 7. The summed E-state index contributed by atoms with van der Waals surface area (Å²) >= 11 is 0. The van der Waals surface area contributed by atoms with E-state index in [-0.39, 0.29) is 18.1 Å². The van der Waals surface area contributed by atoms with Gasteiger partial charge in [0.05, 0.1) is 29.3 Å². The van der Waals surface area contributed by atoms with Crippen LogP contribution in [0.3, 0.4) is 0 Å². The molecule has 9 heteroatoms. The molecule has 37 heavy (non-hydrogen) atoms. The highest BCUT2D eigenvalue weighted by Crippen LogP contribution is 2.24. The Morgan fingerprint density at radius 3 is 2.49 bits per heavy atom. The molecule has 0 bridgehead atoms. The molecule has 2 amide bonds. The maximum atomic E-state index is 13.5. The van der Waals surface area contributed by atoms with Crippen molar-refractivity contribution in [3.05, 3.63) is 65.4 Å². The number of carbonyl (C=O) groups excluding carboxylic acids is 2. The molecule has 1 unspecified atom stereocenters. The third-order valence-electron chi connectivity index (χ3n) is 6.71. The Morgan fingerprint density at radius 2 is 1.84 bits per heavy atom. The Morgan fingerprint density at radius 1 is 1.16 bits per heavy atom. The number of nitrogens with one attached hydrogen (secondary N) is 2. The summed E-state index contributed by atoms with van der Waals surface area (Å²) in [5, 5.41) is 30.8. The summed E-state index contributed by atoms with van der Waals surface area (Å²) in [6.45, 7) is 7.05. The SMILES string of the molecule is CC(C)(C)C(NC(=O)c1nn(Cc2ccc(C#N)cc2)c2ccccc12)C(=O)NCC1(O)CCOCC1. The van der Waals surface area contributed by atoms with Crippen molar-refractivity contribution in [3.8, 4) is 6.07 Å². The van der Waals surface area contributed by atoms with Gasteiger partial charge in [-0.15, -0.1) is 0 Å². The number of nitrogens with zero attached hydrogens (tertiary/aromatic N) is 3. The van der Waals surface area contributed by atoms with Gasteiger partial charge in [-0.1, -0.05) is 51.1 Å². The first kappa shape index (κ1) is 26.3. The molecule has 1 atom stereocenters. The van der Waals surface area contributed by atoms with Gasteiger partial charge < -0.3 is 20.5 Å². The van der Waals surface area contributed by atoms with E-state index in [1.807, 2.05) is 57.2 Å². The quantitative estimate of drug-likeness (QED) is 0.455. The molecule has 1 aromatic heterocycles. The van der Waals surface area contributed by atoms with Crippen molar-refractivity contribution < 1.29 is 19.4 Å². The summed E-state index contributed by atoms with van der Waals surface area (Å²) in [5.74, 6) is -0.809. The van der Waals surface area contributed by atoms with Crippen LogP contribution < -0.4 is 10.6 Å². The zero-order chi connectivity index (χ0) is 26.6. The summed E-state index contributed by atoms with van der Waals surface area (Å²) in [6.07, 6.45) is 0.894. The topological polar surface area (TPSA) is 129 Å². The fourth-order valence-electron chi connectivity index (χ4n) is 4.43. The van der Waals surface area contributed by atoms with Gasteiger partial charge >= 0.3 is 0 Å². The second-order valence-corrected chi connectivity index (χ2v) is 10.7. The molecule has 194 valence electrons. The lowest BCUT2D eigenvalue weighted by Crippen LogP contribution is -2.56. The lowest BCUT2D eigenvalue weighted by atomic mass is 9.85. The van der Waals surface area contributed by atoms with Gasteiger partial charge in [0, 0.05) is 38.0 Å². The van der Waals surface area contributed by atoms with E-state index >= 15 is 0 Å². The van der Waals surface area contributed by atoms with Crippen LogP contribution in [0.2, 0.25) is 0 Å². The number of nitriles is 1. The maximum Gasteiger partial charge on any atom is 0.273 e. The van der Waals surface area contributed by atoms with Crippen LogP contribution in [0, 0.1) is 16.7 Å². The summed E-state index contributed by atoms with van der Waals surface area (Å²) < 4.78 is 7.06. The fourth-order valence-corrected chi connectivity index (χ4v) is 4.43. The molecule has 3 N–H and O–H groups in total. The zero-order valence-electron chi connectivity index (χ0n) is 21.5. The largest absolute Gasteiger partial charge is 0.388 e. The normalized spacial score (nSPS) is 16.1. The predicted octanol–water partition coefficient (Wildman–Crippen LogP) is 2.76. The first-order valence-corrected chi connectivity index (χ1v) is 12.4. The Labute approximate surface area is 216 Å². The second kappa shape index (κ2) is 10.7.